The molecule has 0 bridgehead atoms. The molecule has 1 aromatic carbocycles. The van der Waals surface area contributed by atoms with Crippen molar-refractivity contribution in [1.82, 2.24) is 9.62 Å². The van der Waals surface area contributed by atoms with Crippen molar-refractivity contribution in [1.29, 1.82) is 0 Å². The van der Waals surface area contributed by atoms with Crippen molar-refractivity contribution in [3.63, 3.8) is 0 Å². The van der Waals surface area contributed by atoms with Crippen molar-refractivity contribution >= 4 is 10.0 Å². The van der Waals surface area contributed by atoms with Gasteiger partial charge >= 0.3 is 0 Å². The molecule has 1 aromatic rings. The summed E-state index contributed by atoms with van der Waals surface area (Å²) in [6.45, 7) is 7.96. The minimum Gasteiger partial charge on any atom is -0.315 e. The Morgan fingerprint density at radius 3 is 2.48 bits per heavy atom. The molecule has 116 valence electrons. The molecule has 0 amide bonds. The second-order valence-corrected chi connectivity index (χ2v) is 8.47. The minimum atomic E-state index is -3.39. The minimum absolute atomic E-state index is 0.0943. The SMILES string of the molecule is CC(C)c1ccc(S(=O)(=O)N2C(C)CC3CNCC32)cc1. The van der Waals surface area contributed by atoms with Crippen LogP contribution >= 0.6 is 0 Å². The van der Waals surface area contributed by atoms with Crippen molar-refractivity contribution in [2.75, 3.05) is 13.1 Å². The Morgan fingerprint density at radius 1 is 1.19 bits per heavy atom. The maximum atomic E-state index is 13.0. The lowest BCUT2D eigenvalue weighted by molar-refractivity contribution is 0.335. The first-order valence-electron chi connectivity index (χ1n) is 7.75. The van der Waals surface area contributed by atoms with Gasteiger partial charge in [0.15, 0.2) is 0 Å². The second-order valence-electron chi connectivity index (χ2n) is 6.63. The Kier molecular flexibility index (Phi) is 3.84. The van der Waals surface area contributed by atoms with E-state index in [1.54, 1.807) is 16.4 Å². The van der Waals surface area contributed by atoms with Crippen LogP contribution in [0.3, 0.4) is 0 Å². The molecule has 0 spiro atoms. The summed E-state index contributed by atoms with van der Waals surface area (Å²) < 4.78 is 27.7. The summed E-state index contributed by atoms with van der Waals surface area (Å²) in [7, 11) is -3.39. The van der Waals surface area contributed by atoms with Crippen LogP contribution in [0.15, 0.2) is 29.2 Å². The van der Waals surface area contributed by atoms with Gasteiger partial charge in [-0.25, -0.2) is 8.42 Å². The molecule has 0 saturated carbocycles. The second kappa shape index (κ2) is 5.38. The molecule has 5 heteroatoms. The smallest absolute Gasteiger partial charge is 0.243 e. The summed E-state index contributed by atoms with van der Waals surface area (Å²) in [6.07, 6.45) is 0.959. The monoisotopic (exact) mass is 308 g/mol. The third-order valence-electron chi connectivity index (χ3n) is 4.83. The van der Waals surface area contributed by atoms with Crippen LogP contribution in [0.2, 0.25) is 0 Å². The summed E-state index contributed by atoms with van der Waals surface area (Å²) in [6, 6.07) is 7.59. The molecule has 3 rings (SSSR count). The molecule has 2 aliphatic heterocycles. The normalized spacial score (nSPS) is 30.0. The predicted octanol–water partition coefficient (Wildman–Crippen LogP) is 2.18. The molecule has 0 radical (unpaired) electrons. The van der Waals surface area contributed by atoms with Crippen LogP contribution in [0, 0.1) is 5.92 Å². The van der Waals surface area contributed by atoms with E-state index in [1.807, 2.05) is 19.1 Å². The maximum absolute atomic E-state index is 13.0. The first-order chi connectivity index (χ1) is 9.91. The zero-order valence-corrected chi connectivity index (χ0v) is 13.7. The largest absolute Gasteiger partial charge is 0.315 e. The number of benzene rings is 1. The number of sulfonamides is 1. The molecule has 3 unspecified atom stereocenters. The molecule has 3 atom stereocenters. The maximum Gasteiger partial charge on any atom is 0.243 e. The van der Waals surface area contributed by atoms with Crippen molar-refractivity contribution in [3.05, 3.63) is 29.8 Å². The van der Waals surface area contributed by atoms with E-state index in [-0.39, 0.29) is 12.1 Å². The molecular weight excluding hydrogens is 284 g/mol. The van der Waals surface area contributed by atoms with Gasteiger partial charge in [-0.1, -0.05) is 26.0 Å². The molecule has 1 N–H and O–H groups in total. The van der Waals surface area contributed by atoms with Crippen molar-refractivity contribution in [3.8, 4) is 0 Å². The molecule has 0 aliphatic carbocycles. The summed E-state index contributed by atoms with van der Waals surface area (Å²) >= 11 is 0. The predicted molar refractivity (Wildman–Crippen MR) is 83.8 cm³/mol. The standard InChI is InChI=1S/C16H24N2O2S/c1-11(2)13-4-6-15(7-5-13)21(19,20)18-12(3)8-14-9-17-10-16(14)18/h4-7,11-12,14,16-17H,8-10H2,1-3H3. The zero-order valence-electron chi connectivity index (χ0n) is 12.9. The van der Waals surface area contributed by atoms with Crippen LogP contribution in [0.4, 0.5) is 0 Å². The van der Waals surface area contributed by atoms with Gasteiger partial charge in [0.05, 0.1) is 4.90 Å². The molecule has 2 aliphatic rings. The van der Waals surface area contributed by atoms with E-state index in [9.17, 15) is 8.42 Å². The Labute approximate surface area is 127 Å². The molecule has 21 heavy (non-hydrogen) atoms. The quantitative estimate of drug-likeness (QED) is 0.931. The van der Waals surface area contributed by atoms with Gasteiger partial charge in [-0.2, -0.15) is 4.31 Å². The fraction of sp³-hybridized carbons (Fsp3) is 0.625. The Hall–Kier alpha value is -0.910. The molecule has 2 saturated heterocycles. The van der Waals surface area contributed by atoms with Gasteiger partial charge in [-0.15, -0.1) is 0 Å². The molecular formula is C16H24N2O2S. The fourth-order valence-corrected chi connectivity index (χ4v) is 5.57. The lowest BCUT2D eigenvalue weighted by Gasteiger charge is -2.26. The number of nitrogens with zero attached hydrogens (tertiary/aromatic N) is 1. The Balaban J connectivity index is 1.92. The van der Waals surface area contributed by atoms with E-state index in [2.05, 4.69) is 19.2 Å². The van der Waals surface area contributed by atoms with Gasteiger partial charge in [0.2, 0.25) is 10.0 Å². The third kappa shape index (κ3) is 2.51. The topological polar surface area (TPSA) is 49.4 Å². The molecule has 4 nitrogen and oxygen atoms in total. The number of rotatable bonds is 3. The van der Waals surface area contributed by atoms with Crippen LogP contribution in [-0.2, 0) is 10.0 Å². The van der Waals surface area contributed by atoms with Crippen LogP contribution < -0.4 is 5.32 Å². The number of fused-ring (bicyclic) bond motifs is 1. The average molecular weight is 308 g/mol. The summed E-state index contributed by atoms with van der Waals surface area (Å²) in [5, 5.41) is 3.32. The molecule has 2 heterocycles. The highest BCUT2D eigenvalue weighted by Gasteiger charge is 2.47. The van der Waals surface area contributed by atoms with Gasteiger partial charge in [0, 0.05) is 18.6 Å². The van der Waals surface area contributed by atoms with Gasteiger partial charge < -0.3 is 5.32 Å². The Morgan fingerprint density at radius 2 is 1.86 bits per heavy atom. The van der Waals surface area contributed by atoms with Crippen LogP contribution in [0.1, 0.15) is 38.7 Å². The van der Waals surface area contributed by atoms with Crippen molar-refractivity contribution in [2.45, 2.75) is 50.1 Å². The highest BCUT2D eigenvalue weighted by Crippen LogP contribution is 2.36. The van der Waals surface area contributed by atoms with Gasteiger partial charge in [0.25, 0.3) is 0 Å². The first-order valence-corrected chi connectivity index (χ1v) is 9.19. The summed E-state index contributed by atoms with van der Waals surface area (Å²) in [5.74, 6) is 0.876. The zero-order chi connectivity index (χ0) is 15.2. The van der Waals surface area contributed by atoms with E-state index in [1.165, 1.54) is 5.56 Å². The van der Waals surface area contributed by atoms with E-state index >= 15 is 0 Å². The lowest BCUT2D eigenvalue weighted by Crippen LogP contribution is -2.42. The van der Waals surface area contributed by atoms with E-state index < -0.39 is 10.0 Å². The van der Waals surface area contributed by atoms with Gasteiger partial charge in [-0.3, -0.25) is 0 Å². The lowest BCUT2D eigenvalue weighted by atomic mass is 10.0. The van der Waals surface area contributed by atoms with E-state index in [4.69, 9.17) is 0 Å². The fourth-order valence-electron chi connectivity index (χ4n) is 3.69. The molecule has 0 aromatic heterocycles. The third-order valence-corrected chi connectivity index (χ3v) is 6.89. The van der Waals surface area contributed by atoms with Crippen LogP contribution in [-0.4, -0.2) is 37.9 Å². The van der Waals surface area contributed by atoms with Crippen molar-refractivity contribution < 1.29 is 8.42 Å². The van der Waals surface area contributed by atoms with Crippen LogP contribution in [0.25, 0.3) is 0 Å². The van der Waals surface area contributed by atoms with Crippen molar-refractivity contribution in [2.24, 2.45) is 5.92 Å². The Bertz CT molecular complexity index is 610. The van der Waals surface area contributed by atoms with E-state index in [0.29, 0.717) is 16.7 Å². The highest BCUT2D eigenvalue weighted by atomic mass is 32.2. The van der Waals surface area contributed by atoms with Crippen LogP contribution in [0.5, 0.6) is 0 Å². The van der Waals surface area contributed by atoms with Gasteiger partial charge in [0.1, 0.15) is 0 Å². The first kappa shape index (κ1) is 15.0. The van der Waals surface area contributed by atoms with E-state index in [0.717, 1.165) is 19.5 Å². The average Bonchev–Trinajstić information content (AvgIpc) is 2.98. The summed E-state index contributed by atoms with van der Waals surface area (Å²) in [4.78, 5) is 0.422. The van der Waals surface area contributed by atoms with Gasteiger partial charge in [-0.05, 0) is 49.4 Å². The molecule has 2 fully saturated rings. The summed E-state index contributed by atoms with van der Waals surface area (Å²) in [5.41, 5.74) is 1.17. The number of hydrogen-bond acceptors (Lipinski definition) is 3. The number of hydrogen-bond donors (Lipinski definition) is 1. The highest BCUT2D eigenvalue weighted by molar-refractivity contribution is 7.89. The number of nitrogens with one attached hydrogen (secondary N) is 1.